The van der Waals surface area contributed by atoms with E-state index in [0.717, 1.165) is 0 Å². The molecule has 0 bridgehead atoms. The Labute approximate surface area is 113 Å². The van der Waals surface area contributed by atoms with Gasteiger partial charge in [-0.3, -0.25) is 4.79 Å². The maximum Gasteiger partial charge on any atom is 0.245 e. The average molecular weight is 283 g/mol. The van der Waals surface area contributed by atoms with E-state index >= 15 is 0 Å². The number of ether oxygens (including phenoxy) is 1. The first-order valence-electron chi connectivity index (χ1n) is 6.17. The number of hydrogen-bond donors (Lipinski definition) is 0. The minimum absolute atomic E-state index is 0.0846. The number of rotatable bonds is 3. The molecule has 1 aliphatic rings. The summed E-state index contributed by atoms with van der Waals surface area (Å²) in [7, 11) is -3.56. The van der Waals surface area contributed by atoms with Crippen molar-refractivity contribution in [2.75, 3.05) is 13.2 Å². The van der Waals surface area contributed by atoms with Crippen LogP contribution in [0.4, 0.5) is 0 Å². The summed E-state index contributed by atoms with van der Waals surface area (Å²) in [4.78, 5) is 11.4. The van der Waals surface area contributed by atoms with Crippen LogP contribution in [0.2, 0.25) is 0 Å². The van der Waals surface area contributed by atoms with Crippen molar-refractivity contribution in [3.63, 3.8) is 0 Å². The van der Waals surface area contributed by atoms with E-state index in [2.05, 4.69) is 0 Å². The number of ketones is 1. The molecule has 1 saturated heterocycles. The average Bonchev–Trinajstić information content (AvgIpc) is 2.39. The van der Waals surface area contributed by atoms with Gasteiger partial charge in [0.1, 0.15) is 6.23 Å². The molecular weight excluding hydrogens is 266 g/mol. The minimum Gasteiger partial charge on any atom is -0.362 e. The fourth-order valence-electron chi connectivity index (χ4n) is 2.05. The van der Waals surface area contributed by atoms with Crippen molar-refractivity contribution in [1.82, 2.24) is 4.31 Å². The van der Waals surface area contributed by atoms with Crippen LogP contribution in [0, 0.1) is 0 Å². The van der Waals surface area contributed by atoms with Gasteiger partial charge in [-0.1, -0.05) is 12.1 Å². The largest absolute Gasteiger partial charge is 0.362 e. The second kappa shape index (κ2) is 5.40. The van der Waals surface area contributed by atoms with Crippen LogP contribution in [0.15, 0.2) is 29.2 Å². The zero-order valence-electron chi connectivity index (χ0n) is 11.0. The molecule has 0 N–H and O–H groups in total. The summed E-state index contributed by atoms with van der Waals surface area (Å²) >= 11 is 0. The summed E-state index contributed by atoms with van der Waals surface area (Å²) < 4.78 is 31.6. The number of Topliss-reactive ketones (excluding diaryl/α,β-unsaturated/α-hetero) is 1. The van der Waals surface area contributed by atoms with Gasteiger partial charge in [0.25, 0.3) is 0 Å². The first kappa shape index (κ1) is 14.2. The number of carbonyl (C=O) groups is 1. The Morgan fingerprint density at radius 2 is 1.95 bits per heavy atom. The predicted octanol–water partition coefficient (Wildman–Crippen LogP) is 1.65. The van der Waals surface area contributed by atoms with E-state index in [9.17, 15) is 13.2 Å². The van der Waals surface area contributed by atoms with Crippen LogP contribution < -0.4 is 0 Å². The first-order valence-corrected chi connectivity index (χ1v) is 7.61. The molecule has 0 saturated carbocycles. The molecule has 0 aliphatic carbocycles. The predicted molar refractivity (Wildman–Crippen MR) is 70.4 cm³/mol. The van der Waals surface area contributed by atoms with Crippen molar-refractivity contribution in [2.45, 2.75) is 31.4 Å². The maximum atomic E-state index is 12.4. The molecule has 0 aromatic heterocycles. The lowest BCUT2D eigenvalue weighted by molar-refractivity contribution is -0.0410. The van der Waals surface area contributed by atoms with Crippen LogP contribution in [-0.2, 0) is 14.8 Å². The third-order valence-corrected chi connectivity index (χ3v) is 5.12. The lowest BCUT2D eigenvalue weighted by atomic mass is 10.2. The molecule has 19 heavy (non-hydrogen) atoms. The first-order chi connectivity index (χ1) is 8.93. The molecule has 1 heterocycles. The van der Waals surface area contributed by atoms with Gasteiger partial charge in [-0.25, -0.2) is 8.42 Å². The number of benzene rings is 1. The van der Waals surface area contributed by atoms with E-state index in [-0.39, 0.29) is 10.7 Å². The summed E-state index contributed by atoms with van der Waals surface area (Å²) in [6.07, 6.45) is 0.237. The van der Waals surface area contributed by atoms with Crippen molar-refractivity contribution in [2.24, 2.45) is 0 Å². The summed E-state index contributed by atoms with van der Waals surface area (Å²) in [5, 5.41) is 0. The third-order valence-electron chi connectivity index (χ3n) is 3.15. The standard InChI is InChI=1S/C13H17NO4S/c1-10(15)12-4-6-13(7-5-12)19(16,17)14-8-3-9-18-11(14)2/h4-7,11H,3,8-9H2,1-2H3. The summed E-state index contributed by atoms with van der Waals surface area (Å²) in [5.41, 5.74) is 0.502. The molecule has 1 atom stereocenters. The summed E-state index contributed by atoms with van der Waals surface area (Å²) in [6, 6.07) is 6.00. The summed E-state index contributed by atoms with van der Waals surface area (Å²) in [6.45, 7) is 4.21. The van der Waals surface area contributed by atoms with E-state index in [0.29, 0.717) is 25.1 Å². The van der Waals surface area contributed by atoms with Gasteiger partial charge in [0, 0.05) is 18.7 Å². The number of hydrogen-bond acceptors (Lipinski definition) is 4. The SMILES string of the molecule is CC(=O)c1ccc(S(=O)(=O)N2CCCOC2C)cc1. The highest BCUT2D eigenvalue weighted by Crippen LogP contribution is 2.22. The van der Waals surface area contributed by atoms with E-state index in [1.165, 1.54) is 35.5 Å². The van der Waals surface area contributed by atoms with Gasteiger partial charge in [-0.2, -0.15) is 4.31 Å². The quantitative estimate of drug-likeness (QED) is 0.791. The zero-order valence-corrected chi connectivity index (χ0v) is 11.8. The van der Waals surface area contributed by atoms with Crippen LogP contribution in [0.5, 0.6) is 0 Å². The Balaban J connectivity index is 2.30. The molecule has 104 valence electrons. The van der Waals surface area contributed by atoms with Gasteiger partial charge in [-0.05, 0) is 32.4 Å². The smallest absolute Gasteiger partial charge is 0.245 e. The van der Waals surface area contributed by atoms with Crippen molar-refractivity contribution >= 4 is 15.8 Å². The highest BCUT2D eigenvalue weighted by atomic mass is 32.2. The second-order valence-corrected chi connectivity index (χ2v) is 6.41. The number of carbonyl (C=O) groups excluding carboxylic acids is 1. The molecule has 5 nitrogen and oxygen atoms in total. The van der Waals surface area contributed by atoms with Gasteiger partial charge < -0.3 is 4.74 Å². The van der Waals surface area contributed by atoms with Crippen LogP contribution in [0.25, 0.3) is 0 Å². The molecule has 1 aromatic rings. The normalized spacial score (nSPS) is 21.3. The van der Waals surface area contributed by atoms with Gasteiger partial charge >= 0.3 is 0 Å². The minimum atomic E-state index is -3.56. The van der Waals surface area contributed by atoms with Crippen LogP contribution >= 0.6 is 0 Å². The Bertz CT molecular complexity index is 565. The molecule has 2 rings (SSSR count). The fourth-order valence-corrected chi connectivity index (χ4v) is 3.62. The van der Waals surface area contributed by atoms with Crippen LogP contribution in [-0.4, -0.2) is 37.9 Å². The van der Waals surface area contributed by atoms with Crippen molar-refractivity contribution in [3.05, 3.63) is 29.8 Å². The van der Waals surface area contributed by atoms with Gasteiger partial charge in [0.05, 0.1) is 4.90 Å². The fraction of sp³-hybridized carbons (Fsp3) is 0.462. The number of nitrogens with zero attached hydrogens (tertiary/aromatic N) is 1. The van der Waals surface area contributed by atoms with Crippen LogP contribution in [0.3, 0.4) is 0 Å². The Hall–Kier alpha value is -1.24. The second-order valence-electron chi connectivity index (χ2n) is 4.52. The van der Waals surface area contributed by atoms with Crippen molar-refractivity contribution in [1.29, 1.82) is 0 Å². The van der Waals surface area contributed by atoms with Gasteiger partial charge in [0.15, 0.2) is 5.78 Å². The van der Waals surface area contributed by atoms with E-state index < -0.39 is 16.3 Å². The monoisotopic (exact) mass is 283 g/mol. The molecule has 1 fully saturated rings. The molecule has 1 unspecified atom stereocenters. The Kier molecular flexibility index (Phi) is 4.03. The molecule has 0 spiro atoms. The zero-order chi connectivity index (χ0) is 14.0. The number of sulfonamides is 1. The Morgan fingerprint density at radius 3 is 2.47 bits per heavy atom. The highest BCUT2D eigenvalue weighted by Gasteiger charge is 2.31. The lowest BCUT2D eigenvalue weighted by Gasteiger charge is -2.32. The topological polar surface area (TPSA) is 63.7 Å². The lowest BCUT2D eigenvalue weighted by Crippen LogP contribution is -2.44. The third kappa shape index (κ3) is 2.86. The maximum absolute atomic E-state index is 12.4. The van der Waals surface area contributed by atoms with Crippen molar-refractivity contribution in [3.8, 4) is 0 Å². The summed E-state index contributed by atoms with van der Waals surface area (Å²) in [5.74, 6) is -0.0846. The van der Waals surface area contributed by atoms with Gasteiger partial charge in [0.2, 0.25) is 10.0 Å². The molecule has 0 amide bonds. The van der Waals surface area contributed by atoms with Crippen molar-refractivity contribution < 1.29 is 17.9 Å². The Morgan fingerprint density at radius 1 is 1.32 bits per heavy atom. The van der Waals surface area contributed by atoms with E-state index in [4.69, 9.17) is 4.74 Å². The molecule has 6 heteroatoms. The molecule has 1 aromatic carbocycles. The molecule has 1 aliphatic heterocycles. The van der Waals surface area contributed by atoms with Crippen LogP contribution in [0.1, 0.15) is 30.6 Å². The van der Waals surface area contributed by atoms with E-state index in [1.54, 1.807) is 6.92 Å². The highest BCUT2D eigenvalue weighted by molar-refractivity contribution is 7.89. The van der Waals surface area contributed by atoms with Gasteiger partial charge in [-0.15, -0.1) is 0 Å². The van der Waals surface area contributed by atoms with E-state index in [1.807, 2.05) is 0 Å². The molecule has 0 radical (unpaired) electrons. The molecular formula is C13H17NO4S.